The lowest BCUT2D eigenvalue weighted by Crippen LogP contribution is -2.17. The van der Waals surface area contributed by atoms with Crippen LogP contribution in [0, 0.1) is 0 Å². The van der Waals surface area contributed by atoms with Crippen molar-refractivity contribution in [1.82, 2.24) is 4.57 Å². The minimum atomic E-state index is -1.06. The first-order valence-corrected chi connectivity index (χ1v) is 4.80. The molecule has 0 aliphatic carbocycles. The lowest BCUT2D eigenvalue weighted by atomic mass is 10.2. The van der Waals surface area contributed by atoms with E-state index in [-0.39, 0.29) is 11.1 Å². The van der Waals surface area contributed by atoms with Gasteiger partial charge < -0.3 is 9.67 Å². The molecule has 0 saturated carbocycles. The average molecular weight is 209 g/mol. The first kappa shape index (κ1) is 8.96. The maximum atomic E-state index is 11.4. The molecule has 2 heterocycles. The number of hydrogen-bond acceptors (Lipinski definition) is 3. The summed E-state index contributed by atoms with van der Waals surface area (Å²) in [7, 11) is 1.63. The van der Waals surface area contributed by atoms with Crippen molar-refractivity contribution in [2.75, 3.05) is 0 Å². The molecule has 2 rings (SSSR count). The largest absolute Gasteiger partial charge is 0.478 e. The molecule has 0 aliphatic heterocycles. The van der Waals surface area contributed by atoms with Crippen molar-refractivity contribution in [3.8, 4) is 0 Å². The zero-order valence-electron chi connectivity index (χ0n) is 7.35. The van der Waals surface area contributed by atoms with Crippen molar-refractivity contribution < 1.29 is 9.90 Å². The molecule has 72 valence electrons. The number of fused-ring (bicyclic) bond motifs is 1. The number of thiophene rings is 1. The normalized spacial score (nSPS) is 10.6. The fraction of sp³-hybridized carbons (Fsp3) is 0.111. The Labute approximate surface area is 83.0 Å². The molecule has 5 heteroatoms. The van der Waals surface area contributed by atoms with Crippen molar-refractivity contribution in [3.63, 3.8) is 0 Å². The zero-order chi connectivity index (χ0) is 10.3. The summed E-state index contributed by atoms with van der Waals surface area (Å²) >= 11 is 1.32. The van der Waals surface area contributed by atoms with Gasteiger partial charge in [-0.05, 0) is 11.4 Å². The van der Waals surface area contributed by atoms with E-state index in [9.17, 15) is 9.59 Å². The van der Waals surface area contributed by atoms with Crippen LogP contribution in [0.5, 0.6) is 0 Å². The van der Waals surface area contributed by atoms with Crippen LogP contribution in [0.2, 0.25) is 0 Å². The van der Waals surface area contributed by atoms with Crippen LogP contribution in [-0.4, -0.2) is 15.6 Å². The topological polar surface area (TPSA) is 59.3 Å². The summed E-state index contributed by atoms with van der Waals surface area (Å²) in [6.07, 6.45) is 0. The third-order valence-corrected chi connectivity index (χ3v) is 3.02. The first-order valence-electron chi connectivity index (χ1n) is 3.92. The van der Waals surface area contributed by atoms with Crippen LogP contribution in [0.25, 0.3) is 10.2 Å². The standard InChI is InChI=1S/C9H7NO3S/c1-10-6-2-3-14-8(6)5(9(12)13)4-7(10)11/h2-4H,1H3,(H,12,13). The molecule has 14 heavy (non-hydrogen) atoms. The molecule has 0 fully saturated rings. The zero-order valence-corrected chi connectivity index (χ0v) is 8.17. The van der Waals surface area contributed by atoms with Crippen LogP contribution in [0.4, 0.5) is 0 Å². The Kier molecular flexibility index (Phi) is 1.89. The van der Waals surface area contributed by atoms with Crippen LogP contribution in [0.3, 0.4) is 0 Å². The maximum Gasteiger partial charge on any atom is 0.337 e. The number of hydrogen-bond donors (Lipinski definition) is 1. The summed E-state index contributed by atoms with van der Waals surface area (Å²) in [6, 6.07) is 2.90. The van der Waals surface area contributed by atoms with Gasteiger partial charge in [0.15, 0.2) is 0 Å². The molecule has 2 aromatic heterocycles. The molecule has 0 spiro atoms. The fourth-order valence-corrected chi connectivity index (χ4v) is 2.26. The number of aromatic carboxylic acids is 1. The summed E-state index contributed by atoms with van der Waals surface area (Å²) in [5.74, 6) is -1.06. The number of pyridine rings is 1. The van der Waals surface area contributed by atoms with Gasteiger partial charge in [0, 0.05) is 13.1 Å². The van der Waals surface area contributed by atoms with Gasteiger partial charge in [0.1, 0.15) is 0 Å². The molecule has 0 aliphatic rings. The number of carbonyl (C=O) groups is 1. The average Bonchev–Trinajstić information content (AvgIpc) is 2.59. The molecule has 0 radical (unpaired) electrons. The summed E-state index contributed by atoms with van der Waals surface area (Å²) in [4.78, 5) is 22.2. The maximum absolute atomic E-state index is 11.4. The summed E-state index contributed by atoms with van der Waals surface area (Å²) in [5.41, 5.74) is 0.450. The number of aryl methyl sites for hydroxylation is 1. The molecular weight excluding hydrogens is 202 g/mol. The van der Waals surface area contributed by atoms with Gasteiger partial charge in [0.05, 0.1) is 15.8 Å². The van der Waals surface area contributed by atoms with E-state index in [4.69, 9.17) is 5.11 Å². The van der Waals surface area contributed by atoms with Crippen molar-refractivity contribution in [1.29, 1.82) is 0 Å². The highest BCUT2D eigenvalue weighted by Crippen LogP contribution is 2.22. The Hall–Kier alpha value is -1.62. The first-order chi connectivity index (χ1) is 6.61. The molecule has 0 amide bonds. The van der Waals surface area contributed by atoms with Crippen LogP contribution in [0.1, 0.15) is 10.4 Å². The predicted molar refractivity (Wildman–Crippen MR) is 54.0 cm³/mol. The Bertz CT molecular complexity index is 567. The lowest BCUT2D eigenvalue weighted by Gasteiger charge is -2.01. The highest BCUT2D eigenvalue weighted by molar-refractivity contribution is 7.17. The quantitative estimate of drug-likeness (QED) is 0.770. The van der Waals surface area contributed by atoms with E-state index >= 15 is 0 Å². The van der Waals surface area contributed by atoms with Gasteiger partial charge in [0.25, 0.3) is 5.56 Å². The minimum Gasteiger partial charge on any atom is -0.478 e. The van der Waals surface area contributed by atoms with Crippen LogP contribution < -0.4 is 5.56 Å². The molecule has 0 bridgehead atoms. The molecular formula is C9H7NO3S. The van der Waals surface area contributed by atoms with E-state index in [0.29, 0.717) is 10.2 Å². The number of carboxylic acid groups (broad SMARTS) is 1. The number of rotatable bonds is 1. The Balaban J connectivity index is 2.99. The van der Waals surface area contributed by atoms with E-state index in [1.165, 1.54) is 15.9 Å². The third-order valence-electron chi connectivity index (χ3n) is 2.08. The molecule has 1 N–H and O–H groups in total. The van der Waals surface area contributed by atoms with E-state index in [2.05, 4.69) is 0 Å². The monoisotopic (exact) mass is 209 g/mol. The number of aromatic nitrogens is 1. The Morgan fingerprint density at radius 1 is 1.57 bits per heavy atom. The summed E-state index contributed by atoms with van der Waals surface area (Å²) in [6.45, 7) is 0. The van der Waals surface area contributed by atoms with E-state index in [0.717, 1.165) is 6.07 Å². The lowest BCUT2D eigenvalue weighted by molar-refractivity contribution is 0.0699. The van der Waals surface area contributed by atoms with Crippen LogP contribution >= 0.6 is 11.3 Å². The highest BCUT2D eigenvalue weighted by atomic mass is 32.1. The van der Waals surface area contributed by atoms with Crippen LogP contribution in [0.15, 0.2) is 22.3 Å². The second kappa shape index (κ2) is 2.95. The van der Waals surface area contributed by atoms with Gasteiger partial charge in [-0.25, -0.2) is 4.79 Å². The van der Waals surface area contributed by atoms with Gasteiger partial charge in [-0.2, -0.15) is 0 Å². The second-order valence-corrected chi connectivity index (χ2v) is 3.81. The Morgan fingerprint density at radius 2 is 2.29 bits per heavy atom. The molecule has 0 unspecified atom stereocenters. The van der Waals surface area contributed by atoms with Crippen LogP contribution in [-0.2, 0) is 7.05 Å². The number of nitrogens with zero attached hydrogens (tertiary/aromatic N) is 1. The molecule has 0 atom stereocenters. The predicted octanol–water partition coefficient (Wildman–Crippen LogP) is 1.30. The van der Waals surface area contributed by atoms with Crippen molar-refractivity contribution >= 4 is 27.5 Å². The third kappa shape index (κ3) is 1.13. The molecule has 0 aromatic carbocycles. The molecule has 0 saturated heterocycles. The van der Waals surface area contributed by atoms with E-state index in [1.54, 1.807) is 18.5 Å². The van der Waals surface area contributed by atoms with Gasteiger partial charge in [-0.15, -0.1) is 11.3 Å². The van der Waals surface area contributed by atoms with E-state index in [1.807, 2.05) is 0 Å². The molecule has 4 nitrogen and oxygen atoms in total. The second-order valence-electron chi connectivity index (χ2n) is 2.90. The van der Waals surface area contributed by atoms with Gasteiger partial charge >= 0.3 is 5.97 Å². The van der Waals surface area contributed by atoms with Crippen molar-refractivity contribution in [2.45, 2.75) is 0 Å². The van der Waals surface area contributed by atoms with Gasteiger partial charge in [0.2, 0.25) is 0 Å². The smallest absolute Gasteiger partial charge is 0.337 e. The van der Waals surface area contributed by atoms with Crippen molar-refractivity contribution in [3.05, 3.63) is 33.4 Å². The summed E-state index contributed by atoms with van der Waals surface area (Å²) in [5, 5.41) is 10.6. The highest BCUT2D eigenvalue weighted by Gasteiger charge is 2.12. The Morgan fingerprint density at radius 3 is 2.93 bits per heavy atom. The SMILES string of the molecule is Cn1c(=O)cc(C(=O)O)c2sccc21. The molecule has 2 aromatic rings. The number of carboxylic acids is 1. The van der Waals surface area contributed by atoms with Crippen molar-refractivity contribution in [2.24, 2.45) is 7.05 Å². The van der Waals surface area contributed by atoms with Gasteiger partial charge in [-0.1, -0.05) is 0 Å². The fourth-order valence-electron chi connectivity index (χ4n) is 1.33. The van der Waals surface area contributed by atoms with Gasteiger partial charge in [-0.3, -0.25) is 4.79 Å². The van der Waals surface area contributed by atoms with E-state index < -0.39 is 5.97 Å². The summed E-state index contributed by atoms with van der Waals surface area (Å²) < 4.78 is 2.08. The minimum absolute atomic E-state index is 0.0816.